The minimum absolute atomic E-state index is 0.00518. The van der Waals surface area contributed by atoms with Crippen LogP contribution in [0.3, 0.4) is 0 Å². The van der Waals surface area contributed by atoms with Crippen molar-refractivity contribution < 1.29 is 117 Å². The number of aliphatic hydroxyl groups is 1. The van der Waals surface area contributed by atoms with Gasteiger partial charge in [0.25, 0.3) is 10.0 Å². The number of hydrogen-bond acceptors (Lipinski definition) is 9. The highest BCUT2D eigenvalue weighted by Crippen LogP contribution is 2.64. The molecule has 0 spiro atoms. The third-order valence-electron chi connectivity index (χ3n) is 6.29. The first-order chi connectivity index (χ1) is 23.5. The first-order valence-electron chi connectivity index (χ1n) is 14.3. The third kappa shape index (κ3) is 11.0. The first kappa shape index (κ1) is 50.4. The lowest BCUT2D eigenvalue weighted by Crippen LogP contribution is -2.75. The standard InChI is InChI=1S/C24H34F17NO9S/c1-2-42(3-5-46-7-9-48-11-13-50-15-16-51-14-12-49-10-8-47-6-4-43)52(44,45)24(40,41)22(35,36)20(31,32)18(27,28)17(25,26)19(29,30)21(33,34)23(37,38)39/h43H,2-16H2,1H3. The smallest absolute Gasteiger partial charge is 0.394 e. The fraction of sp³-hybridized carbons (Fsp3) is 1.00. The summed E-state index contributed by atoms with van der Waals surface area (Å²) in [7, 11) is -7.39. The molecule has 314 valence electrons. The van der Waals surface area contributed by atoms with Gasteiger partial charge in [-0.1, -0.05) is 6.92 Å². The fourth-order valence-electron chi connectivity index (χ4n) is 3.35. The largest absolute Gasteiger partial charge is 0.460 e. The maximum absolute atomic E-state index is 14.4. The molecule has 0 aliphatic rings. The van der Waals surface area contributed by atoms with Crippen molar-refractivity contribution in [3.8, 4) is 0 Å². The Morgan fingerprint density at radius 3 is 1.00 bits per heavy atom. The van der Waals surface area contributed by atoms with E-state index in [0.29, 0.717) is 6.92 Å². The molecule has 0 aromatic heterocycles. The van der Waals surface area contributed by atoms with Gasteiger partial charge in [-0.2, -0.15) is 78.9 Å². The highest BCUT2D eigenvalue weighted by atomic mass is 32.2. The number of halogens is 17. The van der Waals surface area contributed by atoms with E-state index in [9.17, 15) is 83.1 Å². The maximum atomic E-state index is 14.4. The average molecular weight is 836 g/mol. The van der Waals surface area contributed by atoms with E-state index < -0.39 is 87.6 Å². The summed E-state index contributed by atoms with van der Waals surface area (Å²) in [6, 6.07) is 0. The molecule has 52 heavy (non-hydrogen) atoms. The van der Waals surface area contributed by atoms with E-state index in [4.69, 9.17) is 33.5 Å². The van der Waals surface area contributed by atoms with Crippen LogP contribution in [0.4, 0.5) is 74.6 Å². The molecule has 0 atom stereocenters. The summed E-state index contributed by atoms with van der Waals surface area (Å²) in [5.41, 5.74) is 0. The van der Waals surface area contributed by atoms with Gasteiger partial charge in [0.15, 0.2) is 0 Å². The number of likely N-dealkylation sites (N-methyl/N-ethyl adjacent to an activating group) is 1. The predicted molar refractivity (Wildman–Crippen MR) is 139 cm³/mol. The van der Waals surface area contributed by atoms with Crippen LogP contribution in [0.25, 0.3) is 0 Å². The highest BCUT2D eigenvalue weighted by Gasteiger charge is 2.96. The zero-order valence-electron chi connectivity index (χ0n) is 26.6. The molecule has 0 aromatic carbocycles. The topological polar surface area (TPSA) is 113 Å². The van der Waals surface area contributed by atoms with Crippen molar-refractivity contribution >= 4 is 10.0 Å². The predicted octanol–water partition coefficient (Wildman–Crippen LogP) is 4.70. The van der Waals surface area contributed by atoms with E-state index in [2.05, 4.69) is 0 Å². The van der Waals surface area contributed by atoms with Crippen molar-refractivity contribution in [1.82, 2.24) is 4.31 Å². The molecular weight excluding hydrogens is 801 g/mol. The lowest BCUT2D eigenvalue weighted by molar-refractivity contribution is -0.458. The van der Waals surface area contributed by atoms with E-state index in [1.54, 1.807) is 0 Å². The van der Waals surface area contributed by atoms with Gasteiger partial charge in [-0.05, 0) is 0 Å². The fourth-order valence-corrected chi connectivity index (χ4v) is 4.79. The molecule has 0 amide bonds. The van der Waals surface area contributed by atoms with Gasteiger partial charge in [-0.25, -0.2) is 8.42 Å². The van der Waals surface area contributed by atoms with Gasteiger partial charge in [-0.15, -0.1) is 0 Å². The molecule has 0 aliphatic heterocycles. The molecule has 0 saturated heterocycles. The van der Waals surface area contributed by atoms with Gasteiger partial charge in [0.1, 0.15) is 0 Å². The Kier molecular flexibility index (Phi) is 19.3. The second-order valence-electron chi connectivity index (χ2n) is 9.86. The van der Waals surface area contributed by atoms with Gasteiger partial charge < -0.3 is 33.5 Å². The van der Waals surface area contributed by atoms with Crippen molar-refractivity contribution in [3.63, 3.8) is 0 Å². The molecule has 0 aliphatic carbocycles. The summed E-state index contributed by atoms with van der Waals surface area (Å²) in [5, 5.41) is 0.895. The molecule has 0 aromatic rings. The van der Waals surface area contributed by atoms with Crippen molar-refractivity contribution in [2.45, 2.75) is 53.9 Å². The molecule has 0 bridgehead atoms. The molecule has 0 saturated carbocycles. The lowest BCUT2D eigenvalue weighted by Gasteiger charge is -2.43. The molecule has 0 radical (unpaired) electrons. The summed E-state index contributed by atoms with van der Waals surface area (Å²) in [4.78, 5) is 0. The van der Waals surface area contributed by atoms with Gasteiger partial charge in [0.05, 0.1) is 85.9 Å². The van der Waals surface area contributed by atoms with Crippen LogP contribution in [0.5, 0.6) is 0 Å². The van der Waals surface area contributed by atoms with Crippen molar-refractivity contribution in [3.05, 3.63) is 0 Å². The normalized spacial score (nSPS) is 14.8. The number of alkyl halides is 17. The second kappa shape index (κ2) is 19.9. The van der Waals surface area contributed by atoms with E-state index in [0.717, 1.165) is 0 Å². The number of ether oxygens (including phenoxy) is 6. The van der Waals surface area contributed by atoms with Crippen LogP contribution in [0.1, 0.15) is 6.92 Å². The van der Waals surface area contributed by atoms with Crippen LogP contribution in [0.2, 0.25) is 0 Å². The van der Waals surface area contributed by atoms with E-state index in [1.807, 2.05) is 0 Å². The van der Waals surface area contributed by atoms with Crippen LogP contribution in [0.15, 0.2) is 0 Å². The Hall–Kier alpha value is -1.56. The Balaban J connectivity index is 5.13. The molecule has 0 fully saturated rings. The summed E-state index contributed by atoms with van der Waals surface area (Å²) in [6.45, 7) is -2.73. The molecule has 28 heteroatoms. The first-order valence-corrected chi connectivity index (χ1v) is 15.7. The summed E-state index contributed by atoms with van der Waals surface area (Å²) >= 11 is 0. The maximum Gasteiger partial charge on any atom is 0.460 e. The zero-order valence-corrected chi connectivity index (χ0v) is 27.4. The van der Waals surface area contributed by atoms with Crippen molar-refractivity contribution in [2.75, 3.05) is 99.0 Å². The molecule has 10 nitrogen and oxygen atoms in total. The molecule has 1 N–H and O–H groups in total. The number of aliphatic hydroxyl groups excluding tert-OH is 1. The van der Waals surface area contributed by atoms with Gasteiger partial charge in [0.2, 0.25) is 0 Å². The van der Waals surface area contributed by atoms with Crippen LogP contribution >= 0.6 is 0 Å². The van der Waals surface area contributed by atoms with Crippen LogP contribution < -0.4 is 0 Å². The molecular formula is C24H34F17NO9S. The van der Waals surface area contributed by atoms with Gasteiger partial charge in [-0.3, -0.25) is 0 Å². The summed E-state index contributed by atoms with van der Waals surface area (Å²) in [5.74, 6) is -51.9. The number of nitrogens with zero attached hydrogens (tertiary/aromatic N) is 1. The number of rotatable bonds is 29. The van der Waals surface area contributed by atoms with Gasteiger partial charge >= 0.3 is 47.0 Å². The van der Waals surface area contributed by atoms with Crippen LogP contribution in [0, 0.1) is 0 Å². The SMILES string of the molecule is CCN(CCOCCOCCOCCOCCOCCOCCO)S(=O)(=O)C(F)(F)C(F)(F)C(F)(F)C(F)(F)C(F)(F)C(F)(F)C(F)(F)C(F)(F)F. The Bertz CT molecular complexity index is 1150. The number of sulfonamides is 1. The van der Waals surface area contributed by atoms with Crippen LogP contribution in [-0.4, -0.2) is 164 Å². The Morgan fingerprint density at radius 1 is 0.442 bits per heavy atom. The third-order valence-corrected chi connectivity index (χ3v) is 8.32. The zero-order chi connectivity index (χ0) is 40.9. The second-order valence-corrected chi connectivity index (χ2v) is 11.8. The summed E-state index contributed by atoms with van der Waals surface area (Å²) < 4.78 is 283. The van der Waals surface area contributed by atoms with E-state index in [1.165, 1.54) is 0 Å². The molecule has 0 heterocycles. The summed E-state index contributed by atoms with van der Waals surface area (Å²) in [6.07, 6.45) is -7.91. The minimum Gasteiger partial charge on any atom is -0.394 e. The quantitative estimate of drug-likeness (QED) is 0.0848. The molecule has 0 unspecified atom stereocenters. The highest BCUT2D eigenvalue weighted by molar-refractivity contribution is 7.90. The van der Waals surface area contributed by atoms with Gasteiger partial charge in [0, 0.05) is 13.1 Å². The van der Waals surface area contributed by atoms with Crippen LogP contribution in [-0.2, 0) is 38.4 Å². The Labute approximate surface area is 284 Å². The van der Waals surface area contributed by atoms with E-state index >= 15 is 0 Å². The van der Waals surface area contributed by atoms with E-state index in [-0.39, 0.29) is 72.7 Å². The monoisotopic (exact) mass is 835 g/mol. The lowest BCUT2D eigenvalue weighted by atomic mass is 9.91. The Morgan fingerprint density at radius 2 is 0.712 bits per heavy atom. The number of hydrogen-bond donors (Lipinski definition) is 1. The van der Waals surface area contributed by atoms with Crippen molar-refractivity contribution in [1.29, 1.82) is 0 Å². The average Bonchev–Trinajstić information content (AvgIpc) is 3.02. The minimum atomic E-state index is -8.90. The molecule has 0 rings (SSSR count). The van der Waals surface area contributed by atoms with Crippen molar-refractivity contribution in [2.24, 2.45) is 0 Å².